The first-order valence-electron chi connectivity index (χ1n) is 10.9. The van der Waals surface area contributed by atoms with Crippen LogP contribution in [-0.2, 0) is 4.79 Å². The standard InChI is InChI=1S/C24H40O2/c1-4-6-7-8-9-10-11-12-13-14-18-21-24(3,5-2)23(25)26-22-19-16-15-17-20-22/h15-17,19-20H,4-14,18,21H2,1-3H3. The molecule has 1 aromatic rings. The van der Waals surface area contributed by atoms with Gasteiger partial charge in [-0.1, -0.05) is 103 Å². The van der Waals surface area contributed by atoms with Gasteiger partial charge in [-0.05, 0) is 31.9 Å². The summed E-state index contributed by atoms with van der Waals surface area (Å²) >= 11 is 0. The van der Waals surface area contributed by atoms with Crippen LogP contribution in [0.25, 0.3) is 0 Å². The first-order chi connectivity index (χ1) is 12.6. The molecule has 0 radical (unpaired) electrons. The lowest BCUT2D eigenvalue weighted by molar-refractivity contribution is -0.145. The van der Waals surface area contributed by atoms with Crippen molar-refractivity contribution < 1.29 is 9.53 Å². The first kappa shape index (κ1) is 22.7. The van der Waals surface area contributed by atoms with Crippen LogP contribution in [-0.4, -0.2) is 5.97 Å². The Bertz CT molecular complexity index is 468. The summed E-state index contributed by atoms with van der Waals surface area (Å²) in [4.78, 5) is 12.6. The third-order valence-corrected chi connectivity index (χ3v) is 5.56. The zero-order chi connectivity index (χ0) is 19.1. The van der Waals surface area contributed by atoms with Crippen molar-refractivity contribution in [3.63, 3.8) is 0 Å². The largest absolute Gasteiger partial charge is 0.426 e. The fraction of sp³-hybridized carbons (Fsp3) is 0.708. The van der Waals surface area contributed by atoms with Crippen LogP contribution in [0.4, 0.5) is 0 Å². The molecule has 0 amide bonds. The number of hydrogen-bond acceptors (Lipinski definition) is 2. The van der Waals surface area contributed by atoms with Crippen molar-refractivity contribution in [1.29, 1.82) is 0 Å². The van der Waals surface area contributed by atoms with Gasteiger partial charge in [0.15, 0.2) is 0 Å². The molecule has 1 rings (SSSR count). The molecule has 1 aromatic carbocycles. The highest BCUT2D eigenvalue weighted by Gasteiger charge is 2.32. The molecular weight excluding hydrogens is 320 g/mol. The Morgan fingerprint density at radius 2 is 1.31 bits per heavy atom. The van der Waals surface area contributed by atoms with Gasteiger partial charge in [-0.25, -0.2) is 0 Å². The zero-order valence-electron chi connectivity index (χ0n) is 17.4. The molecule has 2 heteroatoms. The second-order valence-electron chi connectivity index (χ2n) is 7.90. The average molecular weight is 361 g/mol. The van der Waals surface area contributed by atoms with E-state index in [0.29, 0.717) is 5.75 Å². The van der Waals surface area contributed by atoms with E-state index in [2.05, 4.69) is 20.8 Å². The fourth-order valence-electron chi connectivity index (χ4n) is 3.32. The van der Waals surface area contributed by atoms with Gasteiger partial charge in [-0.15, -0.1) is 0 Å². The third kappa shape index (κ3) is 9.40. The third-order valence-electron chi connectivity index (χ3n) is 5.56. The second-order valence-corrected chi connectivity index (χ2v) is 7.90. The summed E-state index contributed by atoms with van der Waals surface area (Å²) in [5.41, 5.74) is -0.366. The van der Waals surface area contributed by atoms with Crippen LogP contribution in [0.2, 0.25) is 0 Å². The molecule has 1 atom stereocenters. The van der Waals surface area contributed by atoms with Gasteiger partial charge in [0.05, 0.1) is 5.41 Å². The number of ether oxygens (including phenoxy) is 1. The highest BCUT2D eigenvalue weighted by molar-refractivity contribution is 5.78. The maximum Gasteiger partial charge on any atom is 0.317 e. The normalized spacial score (nSPS) is 13.3. The van der Waals surface area contributed by atoms with Crippen LogP contribution in [0.3, 0.4) is 0 Å². The molecule has 0 fully saturated rings. The molecule has 0 aliphatic rings. The minimum Gasteiger partial charge on any atom is -0.426 e. The molecule has 2 nitrogen and oxygen atoms in total. The van der Waals surface area contributed by atoms with Gasteiger partial charge in [0, 0.05) is 0 Å². The second kappa shape index (κ2) is 13.8. The van der Waals surface area contributed by atoms with Crippen LogP contribution >= 0.6 is 0 Å². The van der Waals surface area contributed by atoms with Crippen molar-refractivity contribution >= 4 is 5.97 Å². The van der Waals surface area contributed by atoms with E-state index in [1.807, 2.05) is 30.3 Å². The molecule has 0 N–H and O–H groups in total. The Kier molecular flexibility index (Phi) is 12.1. The molecule has 148 valence electrons. The van der Waals surface area contributed by atoms with Gasteiger partial charge in [0.1, 0.15) is 5.75 Å². The van der Waals surface area contributed by atoms with E-state index in [1.54, 1.807) is 0 Å². The summed E-state index contributed by atoms with van der Waals surface area (Å²) in [6.45, 7) is 6.41. The Morgan fingerprint density at radius 1 is 0.808 bits per heavy atom. The lowest BCUT2D eigenvalue weighted by Crippen LogP contribution is -2.31. The van der Waals surface area contributed by atoms with Gasteiger partial charge in [0.2, 0.25) is 0 Å². The molecule has 0 heterocycles. The summed E-state index contributed by atoms with van der Waals surface area (Å²) in [5.74, 6) is 0.564. The summed E-state index contributed by atoms with van der Waals surface area (Å²) < 4.78 is 5.58. The molecule has 0 saturated heterocycles. The van der Waals surface area contributed by atoms with Gasteiger partial charge < -0.3 is 4.74 Å². The van der Waals surface area contributed by atoms with Gasteiger partial charge in [-0.3, -0.25) is 4.79 Å². The Balaban J connectivity index is 2.14. The summed E-state index contributed by atoms with van der Waals surface area (Å²) in [5, 5.41) is 0. The fourth-order valence-corrected chi connectivity index (χ4v) is 3.32. The van der Waals surface area contributed by atoms with Crippen molar-refractivity contribution in [2.45, 2.75) is 104 Å². The molecular formula is C24H40O2. The highest BCUT2D eigenvalue weighted by atomic mass is 16.5. The van der Waals surface area contributed by atoms with Gasteiger partial charge in [-0.2, -0.15) is 0 Å². The molecule has 26 heavy (non-hydrogen) atoms. The van der Waals surface area contributed by atoms with Crippen molar-refractivity contribution in [3.05, 3.63) is 30.3 Å². The lowest BCUT2D eigenvalue weighted by Gasteiger charge is -2.25. The number of carbonyl (C=O) groups excluding carboxylic acids is 1. The van der Waals surface area contributed by atoms with Crippen molar-refractivity contribution in [2.75, 3.05) is 0 Å². The number of unbranched alkanes of at least 4 members (excludes halogenated alkanes) is 10. The Labute approximate surface area is 161 Å². The number of carbonyl (C=O) groups is 1. The van der Waals surface area contributed by atoms with Crippen LogP contribution < -0.4 is 4.74 Å². The van der Waals surface area contributed by atoms with Crippen molar-refractivity contribution in [3.8, 4) is 5.75 Å². The van der Waals surface area contributed by atoms with E-state index in [4.69, 9.17) is 4.74 Å². The van der Waals surface area contributed by atoms with E-state index in [0.717, 1.165) is 19.3 Å². The number of benzene rings is 1. The lowest BCUT2D eigenvalue weighted by atomic mass is 9.82. The Morgan fingerprint density at radius 3 is 1.81 bits per heavy atom. The number of rotatable bonds is 15. The number of esters is 1. The quantitative estimate of drug-likeness (QED) is 0.182. The molecule has 0 saturated carbocycles. The van der Waals surface area contributed by atoms with Crippen molar-refractivity contribution in [1.82, 2.24) is 0 Å². The van der Waals surface area contributed by atoms with E-state index in [-0.39, 0.29) is 11.4 Å². The zero-order valence-corrected chi connectivity index (χ0v) is 17.4. The average Bonchev–Trinajstić information content (AvgIpc) is 2.66. The van der Waals surface area contributed by atoms with Crippen LogP contribution in [0.15, 0.2) is 30.3 Å². The van der Waals surface area contributed by atoms with Crippen LogP contribution in [0.1, 0.15) is 104 Å². The van der Waals surface area contributed by atoms with Gasteiger partial charge >= 0.3 is 5.97 Å². The predicted octanol–water partition coefficient (Wildman–Crippen LogP) is 7.71. The maximum atomic E-state index is 12.6. The monoisotopic (exact) mass is 360 g/mol. The van der Waals surface area contributed by atoms with Crippen molar-refractivity contribution in [2.24, 2.45) is 5.41 Å². The smallest absolute Gasteiger partial charge is 0.317 e. The topological polar surface area (TPSA) is 26.3 Å². The maximum absolute atomic E-state index is 12.6. The minimum absolute atomic E-state index is 0.0849. The molecule has 0 bridgehead atoms. The summed E-state index contributed by atoms with van der Waals surface area (Å²) in [7, 11) is 0. The van der Waals surface area contributed by atoms with E-state index in [9.17, 15) is 4.79 Å². The van der Waals surface area contributed by atoms with E-state index < -0.39 is 0 Å². The molecule has 1 unspecified atom stereocenters. The van der Waals surface area contributed by atoms with E-state index in [1.165, 1.54) is 64.2 Å². The SMILES string of the molecule is CCCCCCCCCCCCCC(C)(CC)C(=O)Oc1ccccc1. The van der Waals surface area contributed by atoms with Crippen LogP contribution in [0.5, 0.6) is 5.75 Å². The summed E-state index contributed by atoms with van der Waals surface area (Å²) in [6.07, 6.45) is 16.4. The van der Waals surface area contributed by atoms with Crippen LogP contribution in [0, 0.1) is 5.41 Å². The van der Waals surface area contributed by atoms with E-state index >= 15 is 0 Å². The Hall–Kier alpha value is -1.31. The first-order valence-corrected chi connectivity index (χ1v) is 10.9. The predicted molar refractivity (Wildman–Crippen MR) is 112 cm³/mol. The number of hydrogen-bond donors (Lipinski definition) is 0. The molecule has 0 spiro atoms. The number of para-hydroxylation sites is 1. The molecule has 0 aliphatic carbocycles. The highest BCUT2D eigenvalue weighted by Crippen LogP contribution is 2.31. The molecule has 0 aliphatic heterocycles. The molecule has 0 aromatic heterocycles. The van der Waals surface area contributed by atoms with Gasteiger partial charge in [0.25, 0.3) is 0 Å². The summed E-state index contributed by atoms with van der Waals surface area (Å²) in [6, 6.07) is 9.42. The minimum atomic E-state index is -0.366.